The highest BCUT2D eigenvalue weighted by Crippen LogP contribution is 2.47. The zero-order valence-electron chi connectivity index (χ0n) is 22.6. The van der Waals surface area contributed by atoms with Gasteiger partial charge in [-0.05, 0) is 63.3 Å². The van der Waals surface area contributed by atoms with Gasteiger partial charge in [0.2, 0.25) is 0 Å². The summed E-state index contributed by atoms with van der Waals surface area (Å²) in [5.74, 6) is -0.330. The molecule has 0 aliphatic carbocycles. The van der Waals surface area contributed by atoms with Crippen LogP contribution in [0.3, 0.4) is 0 Å². The van der Waals surface area contributed by atoms with E-state index in [0.29, 0.717) is 24.4 Å². The van der Waals surface area contributed by atoms with Crippen molar-refractivity contribution < 1.29 is 27.1 Å². The summed E-state index contributed by atoms with van der Waals surface area (Å²) in [5.41, 5.74) is -0.0763. The number of anilines is 2. The molecular formula is C28H38FNO5S2. The van der Waals surface area contributed by atoms with E-state index >= 15 is 0 Å². The molecule has 0 bridgehead atoms. The van der Waals surface area contributed by atoms with Crippen LogP contribution < -0.4 is 9.64 Å². The number of carbonyl (C=O) groups is 1. The third-order valence-corrected chi connectivity index (χ3v) is 9.88. The Labute approximate surface area is 224 Å². The second-order valence-electron chi connectivity index (χ2n) is 10.4. The summed E-state index contributed by atoms with van der Waals surface area (Å²) in [5, 5.41) is 0. The number of thioether (sulfide) groups is 1. The van der Waals surface area contributed by atoms with Gasteiger partial charge in [0.1, 0.15) is 18.2 Å². The predicted octanol–water partition coefficient (Wildman–Crippen LogP) is 6.64. The maximum absolute atomic E-state index is 13.9. The third-order valence-electron chi connectivity index (χ3n) is 7.14. The van der Waals surface area contributed by atoms with E-state index in [2.05, 4.69) is 6.92 Å². The molecule has 1 aliphatic rings. The SMILES string of the molecule is CCCCC1(CC)CN(c2ccc(F)cc2)c2cc(SC)c(OCC(C)(C)C(=O)OC)cc2S(=O)(=O)C1. The number of unbranched alkanes of at least 4 members (excludes halogenated alkanes) is 1. The molecule has 204 valence electrons. The molecule has 1 unspecified atom stereocenters. The van der Waals surface area contributed by atoms with E-state index in [4.69, 9.17) is 9.47 Å². The first-order valence-corrected chi connectivity index (χ1v) is 15.5. The van der Waals surface area contributed by atoms with Crippen molar-refractivity contribution in [2.24, 2.45) is 10.8 Å². The van der Waals surface area contributed by atoms with E-state index < -0.39 is 26.6 Å². The lowest BCUT2D eigenvalue weighted by Crippen LogP contribution is -2.37. The van der Waals surface area contributed by atoms with E-state index in [1.54, 1.807) is 32.0 Å². The van der Waals surface area contributed by atoms with Gasteiger partial charge in [-0.1, -0.05) is 26.7 Å². The van der Waals surface area contributed by atoms with Crippen molar-refractivity contribution in [3.05, 3.63) is 42.2 Å². The van der Waals surface area contributed by atoms with Crippen LogP contribution in [0.2, 0.25) is 0 Å². The average molecular weight is 552 g/mol. The molecule has 2 aromatic rings. The van der Waals surface area contributed by atoms with Crippen molar-refractivity contribution >= 4 is 38.9 Å². The van der Waals surface area contributed by atoms with Gasteiger partial charge < -0.3 is 14.4 Å². The lowest BCUT2D eigenvalue weighted by molar-refractivity contribution is -0.152. The molecule has 0 spiro atoms. The Morgan fingerprint density at radius 2 is 1.86 bits per heavy atom. The largest absolute Gasteiger partial charge is 0.491 e. The summed E-state index contributed by atoms with van der Waals surface area (Å²) in [6.45, 7) is 8.12. The number of halogens is 1. The van der Waals surface area contributed by atoms with Crippen molar-refractivity contribution in [1.82, 2.24) is 0 Å². The molecule has 3 rings (SSSR count). The number of hydrogen-bond acceptors (Lipinski definition) is 7. The zero-order chi connectivity index (χ0) is 27.4. The summed E-state index contributed by atoms with van der Waals surface area (Å²) in [6.07, 6.45) is 5.26. The lowest BCUT2D eigenvalue weighted by Gasteiger charge is -2.36. The minimum absolute atomic E-state index is 0.0207. The van der Waals surface area contributed by atoms with Crippen LogP contribution in [0.15, 0.2) is 46.2 Å². The van der Waals surface area contributed by atoms with Crippen molar-refractivity contribution in [3.8, 4) is 5.75 Å². The van der Waals surface area contributed by atoms with Gasteiger partial charge in [-0.2, -0.15) is 0 Å². The van der Waals surface area contributed by atoms with E-state index in [9.17, 15) is 17.6 Å². The van der Waals surface area contributed by atoms with Crippen LogP contribution in [0, 0.1) is 16.6 Å². The average Bonchev–Trinajstić information content (AvgIpc) is 2.97. The van der Waals surface area contributed by atoms with Crippen molar-refractivity contribution in [2.75, 3.05) is 37.2 Å². The Morgan fingerprint density at radius 3 is 2.43 bits per heavy atom. The van der Waals surface area contributed by atoms with Crippen molar-refractivity contribution in [3.63, 3.8) is 0 Å². The van der Waals surface area contributed by atoms with Gasteiger partial charge in [0.15, 0.2) is 9.84 Å². The summed E-state index contributed by atoms with van der Waals surface area (Å²) < 4.78 is 52.6. The molecule has 0 N–H and O–H groups in total. The van der Waals surface area contributed by atoms with Gasteiger partial charge in [0.05, 0.1) is 33.8 Å². The Hall–Kier alpha value is -2.26. The highest BCUT2D eigenvalue weighted by Gasteiger charge is 2.42. The fraction of sp³-hybridized carbons (Fsp3) is 0.536. The quantitative estimate of drug-likeness (QED) is 0.242. The molecule has 1 atom stereocenters. The normalized spacial score (nSPS) is 19.2. The number of fused-ring (bicyclic) bond motifs is 1. The van der Waals surface area contributed by atoms with E-state index in [-0.39, 0.29) is 23.1 Å². The van der Waals surface area contributed by atoms with Crippen LogP contribution in [0.4, 0.5) is 15.8 Å². The number of benzene rings is 2. The molecule has 0 saturated heterocycles. The molecule has 0 aromatic heterocycles. The molecular weight excluding hydrogens is 513 g/mol. The zero-order valence-corrected chi connectivity index (χ0v) is 24.2. The van der Waals surface area contributed by atoms with Crippen molar-refractivity contribution in [1.29, 1.82) is 0 Å². The molecule has 37 heavy (non-hydrogen) atoms. The molecule has 0 saturated carbocycles. The maximum atomic E-state index is 13.9. The summed E-state index contributed by atoms with van der Waals surface area (Å²) >= 11 is 1.44. The van der Waals surface area contributed by atoms with Crippen LogP contribution in [0.5, 0.6) is 5.75 Å². The summed E-state index contributed by atoms with van der Waals surface area (Å²) in [7, 11) is -2.37. The fourth-order valence-electron chi connectivity index (χ4n) is 4.75. The first-order chi connectivity index (χ1) is 17.4. The second-order valence-corrected chi connectivity index (χ2v) is 13.2. The Morgan fingerprint density at radius 1 is 1.19 bits per heavy atom. The minimum Gasteiger partial charge on any atom is -0.491 e. The third kappa shape index (κ3) is 6.42. The Bertz CT molecular complexity index is 1210. The smallest absolute Gasteiger partial charge is 0.314 e. The predicted molar refractivity (Wildman–Crippen MR) is 147 cm³/mol. The maximum Gasteiger partial charge on any atom is 0.314 e. The topological polar surface area (TPSA) is 72.9 Å². The van der Waals surface area contributed by atoms with Crippen LogP contribution in [-0.2, 0) is 19.4 Å². The minimum atomic E-state index is -3.70. The number of methoxy groups -OCH3 is 1. The van der Waals surface area contributed by atoms with Gasteiger partial charge in [0, 0.05) is 23.7 Å². The van der Waals surface area contributed by atoms with E-state index in [0.717, 1.165) is 29.8 Å². The second kappa shape index (κ2) is 11.6. The number of esters is 1. The number of sulfone groups is 1. The number of ether oxygens (including phenoxy) is 2. The van der Waals surface area contributed by atoms with E-state index in [1.807, 2.05) is 24.1 Å². The Kier molecular flexibility index (Phi) is 9.22. The van der Waals surface area contributed by atoms with Crippen LogP contribution in [0.1, 0.15) is 53.4 Å². The molecule has 0 radical (unpaired) electrons. The summed E-state index contributed by atoms with van der Waals surface area (Å²) in [4.78, 5) is 15.1. The standard InChI is InChI=1S/C28H38FNO5S2/c1-7-9-14-28(8-2)17-30(21-12-10-20(29)11-13-21)22-15-24(36-6)23(16-25(22)37(32,33)19-28)35-18-27(3,4)26(31)34-5/h10-13,15-16H,7-9,14,17-19H2,1-6H3. The molecule has 6 nitrogen and oxygen atoms in total. The molecule has 9 heteroatoms. The molecule has 0 amide bonds. The van der Waals surface area contributed by atoms with Gasteiger partial charge >= 0.3 is 5.97 Å². The molecule has 1 heterocycles. The van der Waals surface area contributed by atoms with Gasteiger partial charge in [-0.3, -0.25) is 4.79 Å². The number of nitrogens with zero attached hydrogens (tertiary/aromatic N) is 1. The molecule has 0 fully saturated rings. The first kappa shape index (κ1) is 29.3. The summed E-state index contributed by atoms with van der Waals surface area (Å²) in [6, 6.07) is 9.61. The monoisotopic (exact) mass is 551 g/mol. The highest BCUT2D eigenvalue weighted by atomic mass is 32.2. The number of carbonyl (C=O) groups excluding carboxylic acids is 1. The highest BCUT2D eigenvalue weighted by molar-refractivity contribution is 7.98. The number of rotatable bonds is 10. The first-order valence-electron chi connectivity index (χ1n) is 12.6. The molecule has 1 aliphatic heterocycles. The van der Waals surface area contributed by atoms with Crippen LogP contribution in [-0.4, -0.2) is 46.7 Å². The van der Waals surface area contributed by atoms with E-state index in [1.165, 1.54) is 31.0 Å². The Balaban J connectivity index is 2.19. The number of hydrogen-bond donors (Lipinski definition) is 0. The van der Waals surface area contributed by atoms with Crippen molar-refractivity contribution in [2.45, 2.75) is 63.2 Å². The fourth-order valence-corrected chi connectivity index (χ4v) is 7.47. The van der Waals surface area contributed by atoms with Crippen LogP contribution in [0.25, 0.3) is 0 Å². The van der Waals surface area contributed by atoms with Gasteiger partial charge in [-0.15, -0.1) is 11.8 Å². The lowest BCUT2D eigenvalue weighted by atomic mass is 9.81. The van der Waals surface area contributed by atoms with Crippen LogP contribution >= 0.6 is 11.8 Å². The van der Waals surface area contributed by atoms with Gasteiger partial charge in [0.25, 0.3) is 0 Å². The molecule has 2 aromatic carbocycles. The van der Waals surface area contributed by atoms with Gasteiger partial charge in [-0.25, -0.2) is 12.8 Å².